The first-order valence-corrected chi connectivity index (χ1v) is 8.58. The predicted octanol–water partition coefficient (Wildman–Crippen LogP) is 1.69. The van der Waals surface area contributed by atoms with E-state index < -0.39 is 22.0 Å². The van der Waals surface area contributed by atoms with Crippen LogP contribution in [-0.4, -0.2) is 31.2 Å². The highest BCUT2D eigenvalue weighted by Crippen LogP contribution is 2.21. The van der Waals surface area contributed by atoms with E-state index in [9.17, 15) is 13.2 Å². The number of ether oxygens (including phenoxy) is 1. The molecule has 0 aromatic carbocycles. The molecule has 21 heavy (non-hydrogen) atoms. The van der Waals surface area contributed by atoms with Gasteiger partial charge >= 0.3 is 5.97 Å². The summed E-state index contributed by atoms with van der Waals surface area (Å²) in [6.07, 6.45) is 1.14. The van der Waals surface area contributed by atoms with Crippen LogP contribution >= 0.6 is 11.3 Å². The molecule has 0 saturated heterocycles. The van der Waals surface area contributed by atoms with Crippen molar-refractivity contribution in [1.29, 1.82) is 0 Å². The van der Waals surface area contributed by atoms with Crippen molar-refractivity contribution in [3.63, 3.8) is 0 Å². The molecular formula is C12H15N3O4S2. The number of aromatic nitrogens is 2. The summed E-state index contributed by atoms with van der Waals surface area (Å²) in [5, 5.41) is 7.53. The number of sulfonamides is 1. The van der Waals surface area contributed by atoms with Gasteiger partial charge in [-0.2, -0.15) is 5.10 Å². The molecule has 2 rings (SSSR count). The Morgan fingerprint density at radius 3 is 2.95 bits per heavy atom. The van der Waals surface area contributed by atoms with Crippen LogP contribution in [0.3, 0.4) is 0 Å². The largest absolute Gasteiger partial charge is 0.462 e. The molecule has 0 spiro atoms. The van der Waals surface area contributed by atoms with Gasteiger partial charge in [0.2, 0.25) is 0 Å². The number of hydrogen-bond donors (Lipinski definition) is 2. The normalized spacial score (nSPS) is 13.0. The summed E-state index contributed by atoms with van der Waals surface area (Å²) in [5.74, 6) is -0.726. The summed E-state index contributed by atoms with van der Waals surface area (Å²) in [6.45, 7) is 3.52. The first kappa shape index (κ1) is 15.7. The average Bonchev–Trinajstić information content (AvgIpc) is 3.10. The third-order valence-electron chi connectivity index (χ3n) is 2.67. The van der Waals surface area contributed by atoms with Crippen molar-refractivity contribution in [2.75, 3.05) is 6.61 Å². The highest BCUT2D eigenvalue weighted by Gasteiger charge is 2.27. The van der Waals surface area contributed by atoms with Crippen LogP contribution < -0.4 is 4.72 Å². The minimum atomic E-state index is -3.90. The van der Waals surface area contributed by atoms with Gasteiger partial charge in [-0.25, -0.2) is 17.9 Å². The van der Waals surface area contributed by atoms with Crippen LogP contribution in [0.25, 0.3) is 0 Å². The fourth-order valence-corrected chi connectivity index (χ4v) is 3.84. The number of H-pyrrole nitrogens is 1. The number of carbonyl (C=O) groups excluding carboxylic acids is 1. The summed E-state index contributed by atoms with van der Waals surface area (Å²) in [5.41, 5.74) is -0.109. The van der Waals surface area contributed by atoms with Crippen LogP contribution in [0.15, 0.2) is 28.7 Å². The summed E-state index contributed by atoms with van der Waals surface area (Å²) in [4.78, 5) is 12.6. The lowest BCUT2D eigenvalue weighted by Crippen LogP contribution is -2.28. The maximum absolute atomic E-state index is 12.3. The number of nitrogens with one attached hydrogen (secondary N) is 2. The number of rotatable bonds is 6. The van der Waals surface area contributed by atoms with Crippen LogP contribution in [-0.2, 0) is 14.8 Å². The Kier molecular flexibility index (Phi) is 4.76. The van der Waals surface area contributed by atoms with Gasteiger partial charge in [-0.15, -0.1) is 11.3 Å². The monoisotopic (exact) mass is 329 g/mol. The Hall–Kier alpha value is -1.71. The third-order valence-corrected chi connectivity index (χ3v) is 5.24. The van der Waals surface area contributed by atoms with E-state index in [1.54, 1.807) is 13.8 Å². The van der Waals surface area contributed by atoms with E-state index in [0.717, 1.165) is 11.1 Å². The van der Waals surface area contributed by atoms with Crippen LogP contribution in [0.2, 0.25) is 0 Å². The van der Waals surface area contributed by atoms with Gasteiger partial charge in [0.05, 0.1) is 18.8 Å². The smallest absolute Gasteiger partial charge is 0.342 e. The van der Waals surface area contributed by atoms with Gasteiger partial charge in [0.1, 0.15) is 5.56 Å². The standard InChI is InChI=1S/C12H15N3O4S2/c1-3-19-12(16)9-7-13-14-11(9)21(17,18)15-8(2)10-5-4-6-20-10/h4-8,15H,3H2,1-2H3,(H,13,14)/t8-/m1/s1. The predicted molar refractivity (Wildman–Crippen MR) is 77.6 cm³/mol. The van der Waals surface area contributed by atoms with Gasteiger partial charge in [0, 0.05) is 4.88 Å². The topological polar surface area (TPSA) is 101 Å². The fourth-order valence-electron chi connectivity index (χ4n) is 1.72. The first-order valence-electron chi connectivity index (χ1n) is 6.22. The van der Waals surface area contributed by atoms with Crippen molar-refractivity contribution >= 4 is 27.3 Å². The molecule has 1 atom stereocenters. The zero-order valence-electron chi connectivity index (χ0n) is 11.5. The second-order valence-corrected chi connectivity index (χ2v) is 6.82. The lowest BCUT2D eigenvalue weighted by molar-refractivity contribution is 0.0522. The van der Waals surface area contributed by atoms with Crippen molar-refractivity contribution in [3.8, 4) is 0 Å². The Bertz CT molecular complexity index is 707. The molecule has 0 unspecified atom stereocenters. The fraction of sp³-hybridized carbons (Fsp3) is 0.333. The first-order chi connectivity index (χ1) is 9.95. The lowest BCUT2D eigenvalue weighted by Gasteiger charge is -2.12. The second-order valence-electron chi connectivity index (χ2n) is 4.19. The summed E-state index contributed by atoms with van der Waals surface area (Å²) in [6, 6.07) is 3.26. The minimum Gasteiger partial charge on any atom is -0.462 e. The molecule has 2 N–H and O–H groups in total. The summed E-state index contributed by atoms with van der Waals surface area (Å²) >= 11 is 1.44. The van der Waals surface area contributed by atoms with Crippen LogP contribution in [0.4, 0.5) is 0 Å². The maximum Gasteiger partial charge on any atom is 0.342 e. The molecule has 114 valence electrons. The van der Waals surface area contributed by atoms with Gasteiger partial charge in [-0.1, -0.05) is 6.07 Å². The molecule has 0 aliphatic heterocycles. The van der Waals surface area contributed by atoms with Gasteiger partial charge in [0.15, 0.2) is 5.03 Å². The van der Waals surface area contributed by atoms with Crippen molar-refractivity contribution in [2.45, 2.75) is 24.9 Å². The zero-order chi connectivity index (χ0) is 15.5. The number of aromatic amines is 1. The number of hydrogen-bond acceptors (Lipinski definition) is 6. The number of carbonyl (C=O) groups is 1. The highest BCUT2D eigenvalue weighted by atomic mass is 32.2. The Balaban J connectivity index is 2.24. The highest BCUT2D eigenvalue weighted by molar-refractivity contribution is 7.89. The van der Waals surface area contributed by atoms with Gasteiger partial charge in [-0.3, -0.25) is 5.10 Å². The molecule has 2 aromatic heterocycles. The second kappa shape index (κ2) is 6.37. The Labute approximate surface area is 126 Å². The number of thiophene rings is 1. The Morgan fingerprint density at radius 1 is 1.57 bits per heavy atom. The molecule has 0 saturated carbocycles. The van der Waals surface area contributed by atoms with E-state index in [1.165, 1.54) is 11.3 Å². The molecule has 0 bridgehead atoms. The molecule has 0 aliphatic carbocycles. The molecule has 9 heteroatoms. The zero-order valence-corrected chi connectivity index (χ0v) is 13.1. The van der Waals surface area contributed by atoms with Gasteiger partial charge in [-0.05, 0) is 25.3 Å². The van der Waals surface area contributed by atoms with E-state index >= 15 is 0 Å². The van der Waals surface area contributed by atoms with Crippen molar-refractivity contribution < 1.29 is 17.9 Å². The van der Waals surface area contributed by atoms with Gasteiger partial charge in [0.25, 0.3) is 10.0 Å². The van der Waals surface area contributed by atoms with Crippen molar-refractivity contribution in [2.24, 2.45) is 0 Å². The molecule has 7 nitrogen and oxygen atoms in total. The van der Waals surface area contributed by atoms with Crippen LogP contribution in [0.5, 0.6) is 0 Å². The molecule has 0 fully saturated rings. The van der Waals surface area contributed by atoms with Crippen LogP contribution in [0, 0.1) is 0 Å². The molecule has 0 radical (unpaired) electrons. The minimum absolute atomic E-state index is 0.109. The molecule has 2 aromatic rings. The summed E-state index contributed by atoms with van der Waals surface area (Å²) in [7, 11) is -3.90. The maximum atomic E-state index is 12.3. The van der Waals surface area contributed by atoms with Crippen molar-refractivity contribution in [3.05, 3.63) is 34.2 Å². The Morgan fingerprint density at radius 2 is 2.33 bits per heavy atom. The van der Waals surface area contributed by atoms with E-state index in [0.29, 0.717) is 0 Å². The van der Waals surface area contributed by atoms with Crippen LogP contribution in [0.1, 0.15) is 35.1 Å². The van der Waals surface area contributed by atoms with E-state index in [1.807, 2.05) is 17.5 Å². The molecule has 0 amide bonds. The lowest BCUT2D eigenvalue weighted by atomic mass is 10.3. The number of esters is 1. The van der Waals surface area contributed by atoms with Crippen molar-refractivity contribution in [1.82, 2.24) is 14.9 Å². The molecular weight excluding hydrogens is 314 g/mol. The summed E-state index contributed by atoms with van der Waals surface area (Å²) < 4.78 is 32.0. The average molecular weight is 329 g/mol. The van der Waals surface area contributed by atoms with E-state index in [4.69, 9.17) is 4.74 Å². The quantitative estimate of drug-likeness (QED) is 0.785. The number of nitrogens with zero attached hydrogens (tertiary/aromatic N) is 1. The molecule has 2 heterocycles. The van der Waals surface area contributed by atoms with Gasteiger partial charge < -0.3 is 4.74 Å². The van der Waals surface area contributed by atoms with E-state index in [-0.39, 0.29) is 17.2 Å². The van der Waals surface area contributed by atoms with E-state index in [2.05, 4.69) is 14.9 Å². The third kappa shape index (κ3) is 3.49. The SMILES string of the molecule is CCOC(=O)c1cn[nH]c1S(=O)(=O)N[C@H](C)c1cccs1. The molecule has 0 aliphatic rings.